The first-order valence-electron chi connectivity index (χ1n) is 9.60. The quantitative estimate of drug-likeness (QED) is 0.672. The largest absolute Gasteiger partial charge is 0.423 e. The zero-order chi connectivity index (χ0) is 19.5. The van der Waals surface area contributed by atoms with Gasteiger partial charge in [0.05, 0.1) is 0 Å². The van der Waals surface area contributed by atoms with E-state index in [0.717, 1.165) is 42.7 Å². The molecule has 144 valence electrons. The van der Waals surface area contributed by atoms with Crippen LogP contribution in [-0.2, 0) is 4.79 Å². The van der Waals surface area contributed by atoms with Gasteiger partial charge in [0.25, 0.3) is 0 Å². The minimum atomic E-state index is -0.0594. The fraction of sp³-hybridized carbons (Fsp3) is 0.318. The summed E-state index contributed by atoms with van der Waals surface area (Å²) >= 11 is 0. The lowest BCUT2D eigenvalue weighted by Crippen LogP contribution is -2.34. The molecule has 1 aliphatic rings. The first-order chi connectivity index (χ1) is 13.6. The van der Waals surface area contributed by atoms with Gasteiger partial charge in [-0.1, -0.05) is 12.1 Å². The van der Waals surface area contributed by atoms with Gasteiger partial charge >= 0.3 is 6.01 Å². The fourth-order valence-electron chi connectivity index (χ4n) is 3.66. The van der Waals surface area contributed by atoms with Gasteiger partial charge in [0.1, 0.15) is 5.52 Å². The van der Waals surface area contributed by atoms with Gasteiger partial charge in [-0.25, -0.2) is 0 Å². The number of hydrogen-bond acceptors (Lipinski definition) is 5. The van der Waals surface area contributed by atoms with Crippen LogP contribution >= 0.6 is 0 Å². The van der Waals surface area contributed by atoms with Gasteiger partial charge in [0, 0.05) is 30.8 Å². The number of para-hydroxylation sites is 2. The standard InChI is InChI=1S/C22H23N3O3/c1-15(26)17-6-8-18(9-7-17)25-12-10-16(11-13-25)14-21(27)24-22-23-19-4-2-3-5-20(19)28-22/h2-9,16H,10-14H2,1H3,(H,23,24,27). The minimum Gasteiger partial charge on any atom is -0.423 e. The van der Waals surface area contributed by atoms with Gasteiger partial charge in [-0.15, -0.1) is 0 Å². The lowest BCUT2D eigenvalue weighted by atomic mass is 9.93. The SMILES string of the molecule is CC(=O)c1ccc(N2CCC(CC(=O)Nc3nc4ccccc4o3)CC2)cc1. The van der Waals surface area contributed by atoms with Crippen molar-refractivity contribution in [2.75, 3.05) is 23.3 Å². The second kappa shape index (κ2) is 7.84. The zero-order valence-corrected chi connectivity index (χ0v) is 15.9. The normalized spacial score (nSPS) is 15.0. The topological polar surface area (TPSA) is 75.4 Å². The van der Waals surface area contributed by atoms with Gasteiger partial charge in [0.15, 0.2) is 11.4 Å². The summed E-state index contributed by atoms with van der Waals surface area (Å²) in [4.78, 5) is 30.3. The highest BCUT2D eigenvalue weighted by Gasteiger charge is 2.22. The Morgan fingerprint density at radius 2 is 1.82 bits per heavy atom. The van der Waals surface area contributed by atoms with Gasteiger partial charge < -0.3 is 9.32 Å². The maximum absolute atomic E-state index is 12.4. The van der Waals surface area contributed by atoms with Crippen LogP contribution in [0.25, 0.3) is 11.1 Å². The molecule has 1 aliphatic heterocycles. The van der Waals surface area contributed by atoms with Crippen LogP contribution in [0.4, 0.5) is 11.7 Å². The summed E-state index contributed by atoms with van der Waals surface area (Å²) in [6.45, 7) is 3.38. The maximum atomic E-state index is 12.4. The smallest absolute Gasteiger partial charge is 0.302 e. The van der Waals surface area contributed by atoms with Crippen LogP contribution < -0.4 is 10.2 Å². The average molecular weight is 377 g/mol. The molecule has 6 nitrogen and oxygen atoms in total. The van der Waals surface area contributed by atoms with E-state index in [4.69, 9.17) is 4.42 Å². The number of carbonyl (C=O) groups excluding carboxylic acids is 2. The number of benzene rings is 2. The van der Waals surface area contributed by atoms with E-state index in [9.17, 15) is 9.59 Å². The predicted octanol–water partition coefficient (Wildman–Crippen LogP) is 4.28. The molecular weight excluding hydrogens is 354 g/mol. The minimum absolute atomic E-state index is 0.0594. The van der Waals surface area contributed by atoms with Crippen molar-refractivity contribution in [3.8, 4) is 0 Å². The summed E-state index contributed by atoms with van der Waals surface area (Å²) in [6, 6.07) is 15.4. The second-order valence-corrected chi connectivity index (χ2v) is 7.27. The molecule has 0 spiro atoms. The lowest BCUT2D eigenvalue weighted by Gasteiger charge is -2.33. The molecule has 0 atom stereocenters. The molecule has 3 aromatic rings. The van der Waals surface area contributed by atoms with Crippen LogP contribution in [0.15, 0.2) is 52.9 Å². The van der Waals surface area contributed by atoms with E-state index in [1.807, 2.05) is 48.5 Å². The molecule has 1 saturated heterocycles. The molecule has 28 heavy (non-hydrogen) atoms. The molecule has 2 aromatic carbocycles. The van der Waals surface area contributed by atoms with Crippen LogP contribution in [-0.4, -0.2) is 29.8 Å². The molecule has 0 bridgehead atoms. The number of piperidine rings is 1. The number of aromatic nitrogens is 1. The fourth-order valence-corrected chi connectivity index (χ4v) is 3.66. The number of nitrogens with one attached hydrogen (secondary N) is 1. The van der Waals surface area contributed by atoms with Crippen molar-refractivity contribution in [3.63, 3.8) is 0 Å². The van der Waals surface area contributed by atoms with Crippen molar-refractivity contribution < 1.29 is 14.0 Å². The van der Waals surface area contributed by atoms with Crippen molar-refractivity contribution in [2.24, 2.45) is 5.92 Å². The maximum Gasteiger partial charge on any atom is 0.302 e. The van der Waals surface area contributed by atoms with E-state index in [-0.39, 0.29) is 17.7 Å². The highest BCUT2D eigenvalue weighted by Crippen LogP contribution is 2.26. The molecule has 0 radical (unpaired) electrons. The summed E-state index contributed by atoms with van der Waals surface area (Å²) in [6.07, 6.45) is 2.38. The molecule has 1 N–H and O–H groups in total. The van der Waals surface area contributed by atoms with E-state index in [1.165, 1.54) is 0 Å². The third-order valence-corrected chi connectivity index (χ3v) is 5.27. The second-order valence-electron chi connectivity index (χ2n) is 7.27. The Kier molecular flexibility index (Phi) is 5.10. The van der Waals surface area contributed by atoms with E-state index >= 15 is 0 Å². The van der Waals surface area contributed by atoms with Crippen molar-refractivity contribution >= 4 is 34.5 Å². The highest BCUT2D eigenvalue weighted by molar-refractivity contribution is 5.94. The van der Waals surface area contributed by atoms with Crippen LogP contribution in [0.1, 0.15) is 36.5 Å². The number of amides is 1. The third kappa shape index (κ3) is 4.06. The Bertz CT molecular complexity index is 953. The zero-order valence-electron chi connectivity index (χ0n) is 15.9. The number of nitrogens with zero attached hydrogens (tertiary/aromatic N) is 2. The summed E-state index contributed by atoms with van der Waals surface area (Å²) in [5, 5.41) is 2.78. The number of oxazole rings is 1. The Balaban J connectivity index is 1.29. The van der Waals surface area contributed by atoms with Gasteiger partial charge in [-0.05, 0) is 62.1 Å². The van der Waals surface area contributed by atoms with Gasteiger partial charge in [0.2, 0.25) is 5.91 Å². The number of hydrogen-bond donors (Lipinski definition) is 1. The number of ketones is 1. The summed E-state index contributed by atoms with van der Waals surface area (Å²) in [5.74, 6) is 0.364. The lowest BCUT2D eigenvalue weighted by molar-refractivity contribution is -0.117. The van der Waals surface area contributed by atoms with Crippen molar-refractivity contribution in [1.29, 1.82) is 0 Å². The van der Waals surface area contributed by atoms with Crippen LogP contribution in [0, 0.1) is 5.92 Å². The van der Waals surface area contributed by atoms with Crippen molar-refractivity contribution in [3.05, 3.63) is 54.1 Å². The number of rotatable bonds is 5. The van der Waals surface area contributed by atoms with Crippen LogP contribution in [0.3, 0.4) is 0 Å². The number of Topliss-reactive ketones (excluding diaryl/α,β-unsaturated/α-hetero) is 1. The summed E-state index contributed by atoms with van der Waals surface area (Å²) < 4.78 is 5.55. The Labute approximate surface area is 163 Å². The molecular formula is C22H23N3O3. The molecule has 6 heteroatoms. The van der Waals surface area contributed by atoms with E-state index < -0.39 is 0 Å². The molecule has 4 rings (SSSR count). The molecule has 0 aliphatic carbocycles. The molecule has 0 unspecified atom stereocenters. The van der Waals surface area contributed by atoms with Crippen LogP contribution in [0.2, 0.25) is 0 Å². The summed E-state index contributed by atoms with van der Waals surface area (Å²) in [5.41, 5.74) is 3.26. The van der Waals surface area contributed by atoms with E-state index in [0.29, 0.717) is 17.9 Å². The number of carbonyl (C=O) groups is 2. The monoisotopic (exact) mass is 377 g/mol. The first kappa shape index (κ1) is 18.2. The van der Waals surface area contributed by atoms with E-state index in [1.54, 1.807) is 6.92 Å². The molecule has 1 fully saturated rings. The number of fused-ring (bicyclic) bond motifs is 1. The van der Waals surface area contributed by atoms with Gasteiger partial charge in [-0.2, -0.15) is 4.98 Å². The Morgan fingerprint density at radius 3 is 2.50 bits per heavy atom. The predicted molar refractivity (Wildman–Crippen MR) is 109 cm³/mol. The Hall–Kier alpha value is -3.15. The highest BCUT2D eigenvalue weighted by atomic mass is 16.4. The van der Waals surface area contributed by atoms with Crippen LogP contribution in [0.5, 0.6) is 0 Å². The molecule has 2 heterocycles. The third-order valence-electron chi connectivity index (χ3n) is 5.27. The first-order valence-corrected chi connectivity index (χ1v) is 9.60. The number of anilines is 2. The van der Waals surface area contributed by atoms with Crippen molar-refractivity contribution in [2.45, 2.75) is 26.2 Å². The van der Waals surface area contributed by atoms with Gasteiger partial charge in [-0.3, -0.25) is 14.9 Å². The molecule has 0 saturated carbocycles. The van der Waals surface area contributed by atoms with E-state index in [2.05, 4.69) is 15.2 Å². The molecule has 1 aromatic heterocycles. The van der Waals surface area contributed by atoms with Crippen molar-refractivity contribution in [1.82, 2.24) is 4.98 Å². The molecule has 1 amide bonds. The average Bonchev–Trinajstić information content (AvgIpc) is 3.10. The summed E-state index contributed by atoms with van der Waals surface area (Å²) in [7, 11) is 0. The Morgan fingerprint density at radius 1 is 1.11 bits per heavy atom.